The van der Waals surface area contributed by atoms with Crippen molar-refractivity contribution in [2.75, 3.05) is 32.8 Å². The Labute approximate surface area is 177 Å². The molecule has 0 aliphatic carbocycles. The maximum Gasteiger partial charge on any atom is 0.260 e. The molecule has 1 aliphatic rings. The van der Waals surface area contributed by atoms with E-state index in [1.807, 2.05) is 39.0 Å². The first-order valence-corrected chi connectivity index (χ1v) is 11.2. The standard InChI is InChI=1S/C22H25N3O4S/c1-16-12-17(2)22(18(3)13-16)30(27,28)25-10-8-24(9-11-25)21(26)15-29-20-7-5-4-6-19(20)14-23/h4-7,12-13H,8-11,15H2,1-3H3. The number of carbonyl (C=O) groups is 1. The van der Waals surface area contributed by atoms with Gasteiger partial charge in [-0.2, -0.15) is 9.57 Å². The highest BCUT2D eigenvalue weighted by molar-refractivity contribution is 7.89. The van der Waals surface area contributed by atoms with Gasteiger partial charge >= 0.3 is 0 Å². The van der Waals surface area contributed by atoms with Gasteiger partial charge in [-0.25, -0.2) is 8.42 Å². The number of piperazine rings is 1. The molecule has 3 rings (SSSR count). The summed E-state index contributed by atoms with van der Waals surface area (Å²) in [5.74, 6) is 0.127. The highest BCUT2D eigenvalue weighted by atomic mass is 32.2. The number of sulfonamides is 1. The zero-order valence-electron chi connectivity index (χ0n) is 17.4. The van der Waals surface area contributed by atoms with E-state index < -0.39 is 10.0 Å². The molecule has 0 radical (unpaired) electrons. The third-order valence-corrected chi connectivity index (χ3v) is 7.36. The van der Waals surface area contributed by atoms with E-state index in [-0.39, 0.29) is 25.6 Å². The highest BCUT2D eigenvalue weighted by Crippen LogP contribution is 2.26. The second-order valence-corrected chi connectivity index (χ2v) is 9.28. The quantitative estimate of drug-likeness (QED) is 0.731. The minimum atomic E-state index is -3.63. The molecule has 0 bridgehead atoms. The van der Waals surface area contributed by atoms with E-state index in [0.717, 1.165) is 16.7 Å². The van der Waals surface area contributed by atoms with Crippen LogP contribution < -0.4 is 4.74 Å². The summed E-state index contributed by atoms with van der Waals surface area (Å²) in [5.41, 5.74) is 2.86. The number of hydrogen-bond acceptors (Lipinski definition) is 5. The van der Waals surface area contributed by atoms with Crippen molar-refractivity contribution in [3.05, 3.63) is 58.7 Å². The molecule has 8 heteroatoms. The minimum Gasteiger partial charge on any atom is -0.482 e. The lowest BCUT2D eigenvalue weighted by molar-refractivity contribution is -0.134. The molecule has 1 heterocycles. The van der Waals surface area contributed by atoms with Crippen LogP contribution in [0, 0.1) is 32.1 Å². The summed E-state index contributed by atoms with van der Waals surface area (Å²) in [5, 5.41) is 9.10. The Morgan fingerprint density at radius 1 is 1.07 bits per heavy atom. The zero-order valence-corrected chi connectivity index (χ0v) is 18.2. The van der Waals surface area contributed by atoms with Crippen molar-refractivity contribution in [2.24, 2.45) is 0 Å². The van der Waals surface area contributed by atoms with Crippen molar-refractivity contribution in [3.8, 4) is 11.8 Å². The van der Waals surface area contributed by atoms with Gasteiger partial charge in [-0.3, -0.25) is 4.79 Å². The summed E-state index contributed by atoms with van der Waals surface area (Å²) in [6, 6.07) is 12.5. The van der Waals surface area contributed by atoms with Crippen molar-refractivity contribution in [1.29, 1.82) is 5.26 Å². The van der Waals surface area contributed by atoms with Crippen LogP contribution in [0.15, 0.2) is 41.3 Å². The van der Waals surface area contributed by atoms with Gasteiger partial charge in [-0.1, -0.05) is 29.8 Å². The number of carbonyl (C=O) groups excluding carboxylic acids is 1. The number of nitrogens with zero attached hydrogens (tertiary/aromatic N) is 3. The monoisotopic (exact) mass is 427 g/mol. The van der Waals surface area contributed by atoms with Crippen LogP contribution in [0.3, 0.4) is 0 Å². The highest BCUT2D eigenvalue weighted by Gasteiger charge is 2.32. The van der Waals surface area contributed by atoms with Gasteiger partial charge in [0.15, 0.2) is 6.61 Å². The van der Waals surface area contributed by atoms with Gasteiger partial charge < -0.3 is 9.64 Å². The van der Waals surface area contributed by atoms with Crippen LogP contribution in [0.4, 0.5) is 0 Å². The predicted molar refractivity (Wildman–Crippen MR) is 113 cm³/mol. The fourth-order valence-electron chi connectivity index (χ4n) is 3.80. The third kappa shape index (κ3) is 4.48. The van der Waals surface area contributed by atoms with Crippen LogP contribution in [-0.4, -0.2) is 56.3 Å². The normalized spacial score (nSPS) is 14.9. The van der Waals surface area contributed by atoms with Crippen LogP contribution in [-0.2, 0) is 14.8 Å². The Morgan fingerprint density at radius 3 is 2.27 bits per heavy atom. The van der Waals surface area contributed by atoms with Crippen LogP contribution in [0.25, 0.3) is 0 Å². The lowest BCUT2D eigenvalue weighted by Gasteiger charge is -2.34. The van der Waals surface area contributed by atoms with Crippen molar-refractivity contribution >= 4 is 15.9 Å². The van der Waals surface area contributed by atoms with E-state index >= 15 is 0 Å². The Kier molecular flexibility index (Phi) is 6.44. The Balaban J connectivity index is 1.63. The molecule has 1 saturated heterocycles. The van der Waals surface area contributed by atoms with E-state index in [9.17, 15) is 13.2 Å². The fraction of sp³-hybridized carbons (Fsp3) is 0.364. The molecule has 158 valence electrons. The SMILES string of the molecule is Cc1cc(C)c(S(=O)(=O)N2CCN(C(=O)COc3ccccc3C#N)CC2)c(C)c1. The summed E-state index contributed by atoms with van der Waals surface area (Å²) in [6.45, 7) is 6.42. The average Bonchev–Trinajstić information content (AvgIpc) is 2.71. The van der Waals surface area contributed by atoms with Gasteiger partial charge in [0.1, 0.15) is 11.8 Å². The summed E-state index contributed by atoms with van der Waals surface area (Å²) in [4.78, 5) is 14.4. The van der Waals surface area contributed by atoms with Gasteiger partial charge in [0.2, 0.25) is 10.0 Å². The molecule has 0 N–H and O–H groups in total. The van der Waals surface area contributed by atoms with Crippen molar-refractivity contribution in [1.82, 2.24) is 9.21 Å². The molecule has 0 unspecified atom stereocenters. The topological polar surface area (TPSA) is 90.7 Å². The molecular formula is C22H25N3O4S. The molecule has 0 spiro atoms. The number of para-hydroxylation sites is 1. The number of nitriles is 1. The maximum atomic E-state index is 13.2. The first-order chi connectivity index (χ1) is 14.2. The Bertz CT molecular complexity index is 1070. The lowest BCUT2D eigenvalue weighted by Crippen LogP contribution is -2.51. The first-order valence-electron chi connectivity index (χ1n) is 9.71. The smallest absolute Gasteiger partial charge is 0.260 e. The number of rotatable bonds is 5. The average molecular weight is 428 g/mol. The number of aryl methyl sites for hydroxylation is 3. The van der Waals surface area contributed by atoms with Crippen molar-refractivity contribution < 1.29 is 17.9 Å². The zero-order chi connectivity index (χ0) is 21.9. The second-order valence-electron chi connectivity index (χ2n) is 7.41. The van der Waals surface area contributed by atoms with Gasteiger partial charge in [0.05, 0.1) is 10.5 Å². The largest absolute Gasteiger partial charge is 0.482 e. The van der Waals surface area contributed by atoms with Crippen molar-refractivity contribution in [3.63, 3.8) is 0 Å². The van der Waals surface area contributed by atoms with Crippen molar-refractivity contribution in [2.45, 2.75) is 25.7 Å². The van der Waals surface area contributed by atoms with Gasteiger partial charge in [-0.05, 0) is 44.0 Å². The van der Waals surface area contributed by atoms with E-state index in [4.69, 9.17) is 10.00 Å². The number of amides is 1. The minimum absolute atomic E-state index is 0.193. The molecule has 0 saturated carbocycles. The Morgan fingerprint density at radius 2 is 1.67 bits per heavy atom. The molecule has 2 aromatic carbocycles. The summed E-state index contributed by atoms with van der Waals surface area (Å²) in [6.07, 6.45) is 0. The number of hydrogen-bond donors (Lipinski definition) is 0. The summed E-state index contributed by atoms with van der Waals surface area (Å²) in [7, 11) is -3.63. The van der Waals surface area contributed by atoms with Crippen LogP contribution in [0.1, 0.15) is 22.3 Å². The molecule has 0 atom stereocenters. The van der Waals surface area contributed by atoms with Crippen LogP contribution in [0.5, 0.6) is 5.75 Å². The molecule has 30 heavy (non-hydrogen) atoms. The third-order valence-electron chi connectivity index (χ3n) is 5.15. The molecule has 2 aromatic rings. The molecule has 7 nitrogen and oxygen atoms in total. The molecule has 0 aromatic heterocycles. The lowest BCUT2D eigenvalue weighted by atomic mass is 10.1. The molecular weight excluding hydrogens is 402 g/mol. The van der Waals surface area contributed by atoms with Gasteiger partial charge in [0.25, 0.3) is 5.91 Å². The number of benzene rings is 2. The van der Waals surface area contributed by atoms with Crippen LogP contribution in [0.2, 0.25) is 0 Å². The van der Waals surface area contributed by atoms with Gasteiger partial charge in [0, 0.05) is 26.2 Å². The summed E-state index contributed by atoms with van der Waals surface area (Å²) < 4.78 is 33.3. The second kappa shape index (κ2) is 8.86. The van der Waals surface area contributed by atoms with E-state index in [0.29, 0.717) is 29.3 Å². The Hall–Kier alpha value is -2.89. The molecule has 1 fully saturated rings. The maximum absolute atomic E-state index is 13.2. The van der Waals surface area contributed by atoms with E-state index in [2.05, 4.69) is 0 Å². The molecule has 1 amide bonds. The summed E-state index contributed by atoms with van der Waals surface area (Å²) >= 11 is 0. The van der Waals surface area contributed by atoms with Crippen LogP contribution >= 0.6 is 0 Å². The van der Waals surface area contributed by atoms with Gasteiger partial charge in [-0.15, -0.1) is 0 Å². The molecule has 1 aliphatic heterocycles. The van der Waals surface area contributed by atoms with E-state index in [1.165, 1.54) is 4.31 Å². The predicted octanol–water partition coefficient (Wildman–Crippen LogP) is 2.40. The van der Waals surface area contributed by atoms with E-state index in [1.54, 1.807) is 29.2 Å². The first kappa shape index (κ1) is 21.8. The number of ether oxygens (including phenoxy) is 1. The fourth-order valence-corrected chi connectivity index (χ4v) is 5.63.